The van der Waals surface area contributed by atoms with Crippen molar-refractivity contribution in [3.63, 3.8) is 0 Å². The Morgan fingerprint density at radius 2 is 1.92 bits per heavy atom. The third-order valence-electron chi connectivity index (χ3n) is 4.68. The number of fused-ring (bicyclic) bond motifs is 2. The number of rotatable bonds is 1. The molecule has 2 aliphatic rings. The van der Waals surface area contributed by atoms with Crippen molar-refractivity contribution in [1.29, 1.82) is 0 Å². The first-order valence-electron chi connectivity index (χ1n) is 5.38. The summed E-state index contributed by atoms with van der Waals surface area (Å²) in [5.41, 5.74) is 0.596. The third-order valence-corrected chi connectivity index (χ3v) is 4.68. The Labute approximate surface area is 80.9 Å². The van der Waals surface area contributed by atoms with E-state index in [1.54, 1.807) is 6.92 Å². The summed E-state index contributed by atoms with van der Waals surface area (Å²) in [7, 11) is 0. The lowest BCUT2D eigenvalue weighted by atomic mass is 9.62. The van der Waals surface area contributed by atoms with Crippen LogP contribution >= 0.6 is 0 Å². The predicted molar refractivity (Wildman–Crippen MR) is 53.4 cm³/mol. The minimum atomic E-state index is 0.263. The van der Waals surface area contributed by atoms with E-state index in [2.05, 4.69) is 20.8 Å². The van der Waals surface area contributed by atoms with Gasteiger partial charge in [-0.3, -0.25) is 4.79 Å². The van der Waals surface area contributed by atoms with Gasteiger partial charge in [0.1, 0.15) is 5.78 Å². The zero-order chi connectivity index (χ0) is 9.85. The first-order chi connectivity index (χ1) is 5.88. The van der Waals surface area contributed by atoms with Gasteiger partial charge in [-0.15, -0.1) is 0 Å². The molecule has 3 atom stereocenters. The predicted octanol–water partition coefficient (Wildman–Crippen LogP) is 3.04. The molecule has 0 aliphatic heterocycles. The maximum Gasteiger partial charge on any atom is 0.133 e. The molecule has 2 aliphatic carbocycles. The topological polar surface area (TPSA) is 17.1 Å². The summed E-state index contributed by atoms with van der Waals surface area (Å²) in [6.07, 6.45) is 3.89. The van der Waals surface area contributed by atoms with E-state index >= 15 is 0 Å². The summed E-state index contributed by atoms with van der Waals surface area (Å²) in [6.45, 7) is 8.66. The van der Waals surface area contributed by atoms with Crippen LogP contribution in [0.3, 0.4) is 0 Å². The van der Waals surface area contributed by atoms with Crippen molar-refractivity contribution < 1.29 is 4.79 Å². The summed E-state index contributed by atoms with van der Waals surface area (Å²) >= 11 is 0. The van der Waals surface area contributed by atoms with Crippen LogP contribution in [-0.2, 0) is 4.79 Å². The smallest absolute Gasteiger partial charge is 0.133 e. The maximum absolute atomic E-state index is 11.7. The molecule has 0 aromatic carbocycles. The van der Waals surface area contributed by atoms with E-state index in [1.165, 1.54) is 19.3 Å². The molecule has 0 aromatic rings. The van der Waals surface area contributed by atoms with Crippen LogP contribution in [0.1, 0.15) is 47.0 Å². The third kappa shape index (κ3) is 1.02. The monoisotopic (exact) mass is 180 g/mol. The Kier molecular flexibility index (Phi) is 1.68. The highest BCUT2D eigenvalue weighted by Gasteiger charge is 2.60. The first kappa shape index (κ1) is 9.23. The van der Waals surface area contributed by atoms with Crippen LogP contribution in [-0.4, -0.2) is 5.78 Å². The number of Topliss-reactive ketones (excluding diaryl/α,β-unsaturated/α-hetero) is 1. The minimum Gasteiger partial charge on any atom is -0.300 e. The van der Waals surface area contributed by atoms with Crippen molar-refractivity contribution in [1.82, 2.24) is 0 Å². The second kappa shape index (κ2) is 2.37. The van der Waals surface area contributed by atoms with Gasteiger partial charge in [0.25, 0.3) is 0 Å². The molecule has 13 heavy (non-hydrogen) atoms. The molecule has 74 valence electrons. The van der Waals surface area contributed by atoms with E-state index in [0.29, 0.717) is 17.1 Å². The molecule has 3 unspecified atom stereocenters. The van der Waals surface area contributed by atoms with E-state index in [0.717, 1.165) is 5.92 Å². The van der Waals surface area contributed by atoms with Gasteiger partial charge in [-0.25, -0.2) is 0 Å². The lowest BCUT2D eigenvalue weighted by Crippen LogP contribution is -2.39. The molecule has 2 saturated carbocycles. The second-order valence-corrected chi connectivity index (χ2v) is 5.96. The van der Waals surface area contributed by atoms with Gasteiger partial charge in [-0.1, -0.05) is 20.8 Å². The average molecular weight is 180 g/mol. The SMILES string of the molecule is CC(=O)C1C2(C)CCC(C2)C1(C)C. The van der Waals surface area contributed by atoms with E-state index in [9.17, 15) is 4.79 Å². The van der Waals surface area contributed by atoms with Crippen LogP contribution in [0.4, 0.5) is 0 Å². The fourth-order valence-electron chi connectivity index (χ4n) is 4.32. The highest BCUT2D eigenvalue weighted by molar-refractivity contribution is 5.80. The maximum atomic E-state index is 11.7. The van der Waals surface area contributed by atoms with Crippen molar-refractivity contribution in [2.75, 3.05) is 0 Å². The molecule has 1 nitrogen and oxygen atoms in total. The number of carbonyl (C=O) groups is 1. The summed E-state index contributed by atoms with van der Waals surface area (Å²) in [6, 6.07) is 0. The van der Waals surface area contributed by atoms with Gasteiger partial charge < -0.3 is 0 Å². The molecular weight excluding hydrogens is 160 g/mol. The molecule has 2 fully saturated rings. The normalized spacial score (nSPS) is 46.8. The zero-order valence-electron chi connectivity index (χ0n) is 9.18. The summed E-state index contributed by atoms with van der Waals surface area (Å²) in [5.74, 6) is 1.53. The fraction of sp³-hybridized carbons (Fsp3) is 0.917. The highest BCUT2D eigenvalue weighted by Crippen LogP contribution is 2.66. The number of carbonyl (C=O) groups excluding carboxylic acids is 1. The van der Waals surface area contributed by atoms with Crippen LogP contribution in [0.25, 0.3) is 0 Å². The molecule has 2 rings (SSSR count). The minimum absolute atomic E-state index is 0.263. The lowest BCUT2D eigenvalue weighted by Gasteiger charge is -2.41. The number of hydrogen-bond acceptors (Lipinski definition) is 1. The largest absolute Gasteiger partial charge is 0.300 e. The second-order valence-electron chi connectivity index (χ2n) is 5.96. The van der Waals surface area contributed by atoms with Gasteiger partial charge in [0.05, 0.1) is 0 Å². The van der Waals surface area contributed by atoms with Crippen LogP contribution in [0.15, 0.2) is 0 Å². The zero-order valence-corrected chi connectivity index (χ0v) is 9.18. The van der Waals surface area contributed by atoms with Gasteiger partial charge >= 0.3 is 0 Å². The Hall–Kier alpha value is -0.330. The Bertz CT molecular complexity index is 249. The van der Waals surface area contributed by atoms with Crippen LogP contribution in [0, 0.1) is 22.7 Å². The van der Waals surface area contributed by atoms with Crippen LogP contribution in [0.5, 0.6) is 0 Å². The standard InChI is InChI=1S/C12H20O/c1-8(13)10-11(2,3)9-5-6-12(10,4)7-9/h9-10H,5-7H2,1-4H3. The van der Waals surface area contributed by atoms with E-state index in [1.807, 2.05) is 0 Å². The molecule has 1 heteroatoms. The van der Waals surface area contributed by atoms with Crippen molar-refractivity contribution in [3.8, 4) is 0 Å². The van der Waals surface area contributed by atoms with Crippen molar-refractivity contribution in [3.05, 3.63) is 0 Å². The molecule has 0 aromatic heterocycles. The van der Waals surface area contributed by atoms with Crippen molar-refractivity contribution in [2.24, 2.45) is 22.7 Å². The molecule has 2 bridgehead atoms. The van der Waals surface area contributed by atoms with Gasteiger partial charge in [-0.05, 0) is 42.9 Å². The van der Waals surface area contributed by atoms with Crippen molar-refractivity contribution in [2.45, 2.75) is 47.0 Å². The van der Waals surface area contributed by atoms with Crippen LogP contribution < -0.4 is 0 Å². The fourth-order valence-corrected chi connectivity index (χ4v) is 4.32. The number of hydrogen-bond donors (Lipinski definition) is 0. The Balaban J connectivity index is 2.39. The Morgan fingerprint density at radius 1 is 1.31 bits per heavy atom. The molecule has 0 amide bonds. The number of ketones is 1. The molecule has 0 N–H and O–H groups in total. The average Bonchev–Trinajstić information content (AvgIpc) is 2.36. The summed E-state index contributed by atoms with van der Waals surface area (Å²) in [5, 5.41) is 0. The van der Waals surface area contributed by atoms with Gasteiger partial charge in [-0.2, -0.15) is 0 Å². The Morgan fingerprint density at radius 3 is 2.23 bits per heavy atom. The van der Waals surface area contributed by atoms with E-state index in [4.69, 9.17) is 0 Å². The van der Waals surface area contributed by atoms with Crippen molar-refractivity contribution >= 4 is 5.78 Å². The summed E-state index contributed by atoms with van der Waals surface area (Å²) in [4.78, 5) is 11.7. The van der Waals surface area contributed by atoms with Gasteiger partial charge in [0, 0.05) is 5.92 Å². The van der Waals surface area contributed by atoms with Gasteiger partial charge in [0.15, 0.2) is 0 Å². The first-order valence-corrected chi connectivity index (χ1v) is 5.38. The van der Waals surface area contributed by atoms with Gasteiger partial charge in [0.2, 0.25) is 0 Å². The summed E-state index contributed by atoms with van der Waals surface area (Å²) < 4.78 is 0. The van der Waals surface area contributed by atoms with E-state index < -0.39 is 0 Å². The molecule has 0 spiro atoms. The molecule has 0 saturated heterocycles. The van der Waals surface area contributed by atoms with Crippen LogP contribution in [0.2, 0.25) is 0 Å². The highest BCUT2D eigenvalue weighted by atomic mass is 16.1. The molecule has 0 radical (unpaired) electrons. The molecule has 0 heterocycles. The lowest BCUT2D eigenvalue weighted by molar-refractivity contribution is -0.129. The molecular formula is C12H20O. The quantitative estimate of drug-likeness (QED) is 0.606. The van der Waals surface area contributed by atoms with E-state index in [-0.39, 0.29) is 5.41 Å².